The summed E-state index contributed by atoms with van der Waals surface area (Å²) in [4.78, 5) is 25.0. The molecule has 2 rings (SSSR count). The van der Waals surface area contributed by atoms with Crippen LogP contribution in [0.2, 0.25) is 0 Å². The zero-order valence-electron chi connectivity index (χ0n) is 8.94. The van der Waals surface area contributed by atoms with Gasteiger partial charge in [-0.15, -0.1) is 0 Å². The van der Waals surface area contributed by atoms with Gasteiger partial charge in [0.05, 0.1) is 5.33 Å². The van der Waals surface area contributed by atoms with Crippen molar-refractivity contribution in [1.82, 2.24) is 0 Å². The van der Waals surface area contributed by atoms with Crippen molar-refractivity contribution in [3.05, 3.63) is 29.8 Å². The van der Waals surface area contributed by atoms with Gasteiger partial charge in [0.1, 0.15) is 6.04 Å². The van der Waals surface area contributed by atoms with Crippen LogP contribution in [-0.4, -0.2) is 23.1 Å². The van der Waals surface area contributed by atoms with Crippen LogP contribution in [0.15, 0.2) is 24.3 Å². The van der Waals surface area contributed by atoms with E-state index in [1.807, 2.05) is 24.3 Å². The second-order valence-electron chi connectivity index (χ2n) is 3.84. The molecule has 1 aliphatic rings. The van der Waals surface area contributed by atoms with Gasteiger partial charge in [0.2, 0.25) is 5.91 Å². The van der Waals surface area contributed by atoms with Crippen LogP contribution in [0, 0.1) is 0 Å². The van der Waals surface area contributed by atoms with Gasteiger partial charge in [-0.1, -0.05) is 34.1 Å². The third-order valence-corrected chi connectivity index (χ3v) is 3.37. The van der Waals surface area contributed by atoms with E-state index in [0.717, 1.165) is 11.3 Å². The molecule has 0 spiro atoms. The summed E-state index contributed by atoms with van der Waals surface area (Å²) in [6.07, 6.45) is 0.625. The van der Waals surface area contributed by atoms with Crippen LogP contribution in [0.25, 0.3) is 0 Å². The lowest BCUT2D eigenvalue weighted by molar-refractivity contribution is -0.122. The summed E-state index contributed by atoms with van der Waals surface area (Å²) in [5.74, 6) is -0.0318. The minimum absolute atomic E-state index is 0.0476. The summed E-state index contributed by atoms with van der Waals surface area (Å²) < 4.78 is 0. The summed E-state index contributed by atoms with van der Waals surface area (Å²) in [6.45, 7) is 1.50. The number of benzene rings is 1. The smallest absolute Gasteiger partial charge is 0.224 e. The number of fused-ring (bicyclic) bond motifs is 1. The number of Topliss-reactive ketones (excluding diaryl/α,β-unsaturated/α-hetero) is 1. The van der Waals surface area contributed by atoms with Crippen LogP contribution in [-0.2, 0) is 16.0 Å². The quantitative estimate of drug-likeness (QED) is 0.777. The number of anilines is 1. The lowest BCUT2D eigenvalue weighted by Crippen LogP contribution is -2.42. The van der Waals surface area contributed by atoms with E-state index >= 15 is 0 Å². The lowest BCUT2D eigenvalue weighted by Gasteiger charge is -2.22. The van der Waals surface area contributed by atoms with Gasteiger partial charge in [-0.05, 0) is 11.6 Å². The van der Waals surface area contributed by atoms with Gasteiger partial charge >= 0.3 is 0 Å². The second kappa shape index (κ2) is 4.37. The molecule has 1 amide bonds. The van der Waals surface area contributed by atoms with E-state index in [1.54, 1.807) is 4.90 Å². The van der Waals surface area contributed by atoms with Crippen LogP contribution in [0.4, 0.5) is 5.69 Å². The molecule has 4 heteroatoms. The topological polar surface area (TPSA) is 37.4 Å². The molecule has 1 aliphatic heterocycles. The molecule has 1 heterocycles. The molecule has 0 aromatic heterocycles. The highest BCUT2D eigenvalue weighted by molar-refractivity contribution is 9.09. The Bertz CT molecular complexity index is 444. The lowest BCUT2D eigenvalue weighted by atomic mass is 10.1. The Kier molecular flexibility index (Phi) is 3.10. The van der Waals surface area contributed by atoms with Crippen LogP contribution < -0.4 is 4.90 Å². The van der Waals surface area contributed by atoms with E-state index in [-0.39, 0.29) is 23.1 Å². The summed E-state index contributed by atoms with van der Waals surface area (Å²) in [5, 5.41) is 0.287. The highest BCUT2D eigenvalue weighted by Crippen LogP contribution is 2.32. The molecule has 0 aliphatic carbocycles. The fourth-order valence-corrected chi connectivity index (χ4v) is 2.50. The zero-order valence-corrected chi connectivity index (χ0v) is 10.5. The van der Waals surface area contributed by atoms with Crippen molar-refractivity contribution in [3.63, 3.8) is 0 Å². The Hall–Kier alpha value is -1.16. The van der Waals surface area contributed by atoms with E-state index in [9.17, 15) is 9.59 Å². The van der Waals surface area contributed by atoms with E-state index < -0.39 is 0 Å². The first kappa shape index (κ1) is 11.3. The van der Waals surface area contributed by atoms with Gasteiger partial charge < -0.3 is 4.90 Å². The molecule has 0 fully saturated rings. The molecule has 1 atom stereocenters. The molecule has 16 heavy (non-hydrogen) atoms. The van der Waals surface area contributed by atoms with E-state index in [0.29, 0.717) is 6.42 Å². The molecule has 0 bridgehead atoms. The first-order valence-electron chi connectivity index (χ1n) is 5.11. The van der Waals surface area contributed by atoms with Crippen molar-refractivity contribution < 1.29 is 9.59 Å². The predicted octanol–water partition coefficient (Wildman–Crippen LogP) is 1.93. The standard InChI is InChI=1S/C12H12BrNO2/c1-8(15)14-10-5-3-2-4-9(10)6-11(14)12(16)7-13/h2-5,11H,6-7H2,1H3. The van der Waals surface area contributed by atoms with Crippen LogP contribution in [0.5, 0.6) is 0 Å². The number of alkyl halides is 1. The monoisotopic (exact) mass is 281 g/mol. The summed E-state index contributed by atoms with van der Waals surface area (Å²) >= 11 is 3.16. The fourth-order valence-electron chi connectivity index (χ4n) is 2.12. The Morgan fingerprint density at radius 3 is 2.75 bits per heavy atom. The fraction of sp³-hybridized carbons (Fsp3) is 0.333. The molecule has 1 aromatic rings. The van der Waals surface area contributed by atoms with Crippen LogP contribution in [0.1, 0.15) is 12.5 Å². The van der Waals surface area contributed by atoms with Crippen molar-refractivity contribution in [2.24, 2.45) is 0 Å². The number of carbonyl (C=O) groups is 2. The number of amides is 1. The molecule has 1 aromatic carbocycles. The maximum absolute atomic E-state index is 11.8. The summed E-state index contributed by atoms with van der Waals surface area (Å²) in [7, 11) is 0. The summed E-state index contributed by atoms with van der Waals surface area (Å²) in [5.41, 5.74) is 1.94. The van der Waals surface area contributed by atoms with Gasteiger partial charge in [0, 0.05) is 19.0 Å². The highest BCUT2D eigenvalue weighted by atomic mass is 79.9. The molecule has 3 nitrogen and oxygen atoms in total. The number of rotatable bonds is 2. The first-order valence-corrected chi connectivity index (χ1v) is 6.23. The number of para-hydroxylation sites is 1. The first-order chi connectivity index (χ1) is 7.65. The maximum atomic E-state index is 11.8. The van der Waals surface area contributed by atoms with Crippen molar-refractivity contribution in [3.8, 4) is 0 Å². The number of ketones is 1. The predicted molar refractivity (Wildman–Crippen MR) is 65.9 cm³/mol. The largest absolute Gasteiger partial charge is 0.302 e. The number of nitrogens with zero attached hydrogens (tertiary/aromatic N) is 1. The Labute approximate surface area is 103 Å². The van der Waals surface area contributed by atoms with Gasteiger partial charge in [-0.2, -0.15) is 0 Å². The molecule has 84 valence electrons. The van der Waals surface area contributed by atoms with Gasteiger partial charge in [0.25, 0.3) is 0 Å². The normalized spacial score (nSPS) is 18.4. The molecule has 1 unspecified atom stereocenters. The van der Waals surface area contributed by atoms with Crippen LogP contribution >= 0.6 is 15.9 Å². The van der Waals surface area contributed by atoms with Crippen molar-refractivity contribution in [2.75, 3.05) is 10.2 Å². The highest BCUT2D eigenvalue weighted by Gasteiger charge is 2.35. The van der Waals surface area contributed by atoms with E-state index in [1.165, 1.54) is 6.92 Å². The van der Waals surface area contributed by atoms with E-state index in [4.69, 9.17) is 0 Å². The van der Waals surface area contributed by atoms with Gasteiger partial charge in [0.15, 0.2) is 5.78 Å². The zero-order chi connectivity index (χ0) is 11.7. The van der Waals surface area contributed by atoms with E-state index in [2.05, 4.69) is 15.9 Å². The number of hydrogen-bond acceptors (Lipinski definition) is 2. The number of halogens is 1. The molecule has 0 radical (unpaired) electrons. The third kappa shape index (κ3) is 1.78. The Morgan fingerprint density at radius 1 is 1.44 bits per heavy atom. The molecular formula is C12H12BrNO2. The van der Waals surface area contributed by atoms with Crippen LogP contribution in [0.3, 0.4) is 0 Å². The summed E-state index contributed by atoms with van der Waals surface area (Å²) in [6, 6.07) is 7.33. The average molecular weight is 282 g/mol. The SMILES string of the molecule is CC(=O)N1c2ccccc2CC1C(=O)CBr. The molecule has 0 saturated carbocycles. The van der Waals surface area contributed by atoms with Crippen molar-refractivity contribution >= 4 is 33.3 Å². The number of carbonyl (C=O) groups excluding carboxylic acids is 2. The number of hydrogen-bond donors (Lipinski definition) is 0. The minimum Gasteiger partial charge on any atom is -0.302 e. The van der Waals surface area contributed by atoms with Gasteiger partial charge in [-0.3, -0.25) is 9.59 Å². The van der Waals surface area contributed by atoms with Crippen molar-refractivity contribution in [2.45, 2.75) is 19.4 Å². The third-order valence-electron chi connectivity index (χ3n) is 2.82. The molecule has 0 saturated heterocycles. The Balaban J connectivity index is 2.41. The minimum atomic E-state index is -0.339. The molecule has 0 N–H and O–H groups in total. The Morgan fingerprint density at radius 2 is 2.12 bits per heavy atom. The molecular weight excluding hydrogens is 270 g/mol. The maximum Gasteiger partial charge on any atom is 0.224 e. The second-order valence-corrected chi connectivity index (χ2v) is 4.40. The average Bonchev–Trinajstić information content (AvgIpc) is 2.67. The van der Waals surface area contributed by atoms with Gasteiger partial charge in [-0.25, -0.2) is 0 Å². The van der Waals surface area contributed by atoms with Crippen molar-refractivity contribution in [1.29, 1.82) is 0 Å².